The van der Waals surface area contributed by atoms with Crippen molar-refractivity contribution >= 4 is 34.8 Å². The minimum absolute atomic E-state index is 0.153. The summed E-state index contributed by atoms with van der Waals surface area (Å²) >= 11 is 0.933. The SMILES string of the molecule is Cc1ccc(COC(=O)SCC(C)C(=O)N2CCC[C@H]2C(=O)N[C@@H](Cc2ccccc2)C(=O)O)cc1. The molecule has 3 atom stereocenters. The highest BCUT2D eigenvalue weighted by Gasteiger charge is 2.37. The second-order valence-electron chi connectivity index (χ2n) is 9.02. The van der Waals surface area contributed by atoms with Crippen LogP contribution in [-0.2, 0) is 32.1 Å². The largest absolute Gasteiger partial charge is 0.480 e. The van der Waals surface area contributed by atoms with Crippen LogP contribution in [-0.4, -0.2) is 57.5 Å². The molecule has 36 heavy (non-hydrogen) atoms. The maximum absolute atomic E-state index is 13.1. The predicted molar refractivity (Wildman–Crippen MR) is 137 cm³/mol. The fraction of sp³-hybridized carbons (Fsp3) is 0.407. The van der Waals surface area contributed by atoms with Crippen molar-refractivity contribution in [1.29, 1.82) is 0 Å². The third-order valence-electron chi connectivity index (χ3n) is 6.09. The maximum atomic E-state index is 13.1. The number of carboxylic acid groups (broad SMARTS) is 1. The van der Waals surface area contributed by atoms with Gasteiger partial charge in [-0.1, -0.05) is 67.1 Å². The molecule has 0 radical (unpaired) electrons. The first-order valence-corrected chi connectivity index (χ1v) is 13.0. The number of aryl methyl sites for hydroxylation is 1. The number of rotatable bonds is 10. The molecule has 1 fully saturated rings. The summed E-state index contributed by atoms with van der Waals surface area (Å²) in [4.78, 5) is 51.4. The molecule has 2 aromatic rings. The highest BCUT2D eigenvalue weighted by Crippen LogP contribution is 2.23. The molecule has 1 unspecified atom stereocenters. The average Bonchev–Trinajstić information content (AvgIpc) is 3.36. The van der Waals surface area contributed by atoms with Crippen LogP contribution in [0.4, 0.5) is 4.79 Å². The van der Waals surface area contributed by atoms with Crippen LogP contribution in [0.1, 0.15) is 36.5 Å². The molecule has 1 aliphatic heterocycles. The van der Waals surface area contributed by atoms with Crippen LogP contribution in [0.3, 0.4) is 0 Å². The van der Waals surface area contributed by atoms with Crippen LogP contribution in [0.2, 0.25) is 0 Å². The molecule has 3 rings (SSSR count). The number of aliphatic carboxylic acids is 1. The van der Waals surface area contributed by atoms with Crippen molar-refractivity contribution in [2.45, 2.75) is 51.8 Å². The lowest BCUT2D eigenvalue weighted by atomic mass is 10.1. The Morgan fingerprint density at radius 3 is 2.44 bits per heavy atom. The zero-order valence-electron chi connectivity index (χ0n) is 20.5. The van der Waals surface area contributed by atoms with Crippen LogP contribution >= 0.6 is 11.8 Å². The molecule has 0 aliphatic carbocycles. The van der Waals surface area contributed by atoms with Gasteiger partial charge in [-0.2, -0.15) is 0 Å². The molecular formula is C27H32N2O6S. The highest BCUT2D eigenvalue weighted by atomic mass is 32.2. The number of ether oxygens (including phenoxy) is 1. The van der Waals surface area contributed by atoms with Crippen molar-refractivity contribution in [3.8, 4) is 0 Å². The summed E-state index contributed by atoms with van der Waals surface area (Å²) in [5.41, 5.74) is 2.80. The van der Waals surface area contributed by atoms with Crippen molar-refractivity contribution in [2.24, 2.45) is 5.92 Å². The number of hydrogen-bond acceptors (Lipinski definition) is 6. The van der Waals surface area contributed by atoms with Crippen molar-refractivity contribution < 1.29 is 29.0 Å². The smallest absolute Gasteiger partial charge is 0.367 e. The summed E-state index contributed by atoms with van der Waals surface area (Å²) in [5.74, 6) is -2.11. The minimum Gasteiger partial charge on any atom is -0.480 e. The van der Waals surface area contributed by atoms with Gasteiger partial charge in [-0.25, -0.2) is 9.59 Å². The summed E-state index contributed by atoms with van der Waals surface area (Å²) in [6.07, 6.45) is 1.27. The Balaban J connectivity index is 1.49. The third kappa shape index (κ3) is 7.84. The van der Waals surface area contributed by atoms with Gasteiger partial charge in [0.2, 0.25) is 11.8 Å². The molecule has 0 aromatic heterocycles. The number of amides is 2. The number of likely N-dealkylation sites (tertiary alicyclic amines) is 1. The van der Waals surface area contributed by atoms with Crippen molar-refractivity contribution in [2.75, 3.05) is 12.3 Å². The summed E-state index contributed by atoms with van der Waals surface area (Å²) < 4.78 is 5.28. The molecule has 1 aliphatic rings. The third-order valence-corrected chi connectivity index (χ3v) is 7.11. The quantitative estimate of drug-likeness (QED) is 0.466. The Kier molecular flexibility index (Phi) is 9.93. The van der Waals surface area contributed by atoms with Crippen LogP contribution in [0, 0.1) is 12.8 Å². The van der Waals surface area contributed by atoms with E-state index < -0.39 is 35.2 Å². The van der Waals surface area contributed by atoms with Gasteiger partial charge in [-0.3, -0.25) is 9.59 Å². The van der Waals surface area contributed by atoms with Crippen LogP contribution in [0.15, 0.2) is 54.6 Å². The molecule has 2 aromatic carbocycles. The van der Waals surface area contributed by atoms with E-state index in [1.165, 1.54) is 4.90 Å². The zero-order valence-corrected chi connectivity index (χ0v) is 21.3. The molecule has 0 bridgehead atoms. The van der Waals surface area contributed by atoms with E-state index in [1.54, 1.807) is 19.1 Å². The zero-order chi connectivity index (χ0) is 26.1. The maximum Gasteiger partial charge on any atom is 0.367 e. The Bertz CT molecular complexity index is 1060. The number of nitrogens with one attached hydrogen (secondary N) is 1. The average molecular weight is 513 g/mol. The number of nitrogens with zero attached hydrogens (tertiary/aromatic N) is 1. The molecule has 1 saturated heterocycles. The van der Waals surface area contributed by atoms with E-state index in [1.807, 2.05) is 49.4 Å². The van der Waals surface area contributed by atoms with Crippen LogP contribution < -0.4 is 5.32 Å². The predicted octanol–water partition coefficient (Wildman–Crippen LogP) is 3.80. The number of carbonyl (C=O) groups excluding carboxylic acids is 3. The van der Waals surface area contributed by atoms with Gasteiger partial charge in [0.15, 0.2) is 0 Å². The molecule has 0 spiro atoms. The monoisotopic (exact) mass is 512 g/mol. The van der Waals surface area contributed by atoms with E-state index in [2.05, 4.69) is 5.32 Å². The number of benzene rings is 2. The molecule has 0 saturated carbocycles. The fourth-order valence-corrected chi connectivity index (χ4v) is 4.71. The van der Waals surface area contributed by atoms with Crippen molar-refractivity contribution in [3.63, 3.8) is 0 Å². The van der Waals surface area contributed by atoms with Crippen molar-refractivity contribution in [3.05, 3.63) is 71.3 Å². The Labute approximate surface area is 215 Å². The lowest BCUT2D eigenvalue weighted by molar-refractivity contribution is -0.144. The molecule has 9 heteroatoms. The van der Waals surface area contributed by atoms with Gasteiger partial charge in [0.05, 0.1) is 0 Å². The summed E-state index contributed by atoms with van der Waals surface area (Å²) in [5, 5.41) is 11.7. The lowest BCUT2D eigenvalue weighted by Gasteiger charge is -2.27. The van der Waals surface area contributed by atoms with Gasteiger partial charge < -0.3 is 20.1 Å². The number of carboxylic acids is 1. The first-order chi connectivity index (χ1) is 17.2. The van der Waals surface area contributed by atoms with E-state index in [9.17, 15) is 24.3 Å². The Hall–Kier alpha value is -3.33. The topological polar surface area (TPSA) is 113 Å². The van der Waals surface area contributed by atoms with Gasteiger partial charge >= 0.3 is 11.3 Å². The number of thioether (sulfide) groups is 1. The Morgan fingerprint density at radius 2 is 1.78 bits per heavy atom. The van der Waals surface area contributed by atoms with E-state index in [-0.39, 0.29) is 24.7 Å². The van der Waals surface area contributed by atoms with E-state index in [0.717, 1.165) is 28.5 Å². The molecule has 8 nitrogen and oxygen atoms in total. The van der Waals surface area contributed by atoms with E-state index >= 15 is 0 Å². The molecule has 2 amide bonds. The van der Waals surface area contributed by atoms with E-state index in [4.69, 9.17) is 4.74 Å². The fourth-order valence-electron chi connectivity index (χ4n) is 4.04. The van der Waals surface area contributed by atoms with Gasteiger partial charge in [0.25, 0.3) is 0 Å². The molecule has 192 valence electrons. The summed E-state index contributed by atoms with van der Waals surface area (Å²) in [6.45, 7) is 4.27. The number of carbonyl (C=O) groups is 4. The van der Waals surface area contributed by atoms with E-state index in [0.29, 0.717) is 19.4 Å². The lowest BCUT2D eigenvalue weighted by Crippen LogP contribution is -2.52. The number of hydrogen-bond donors (Lipinski definition) is 2. The van der Waals surface area contributed by atoms with Crippen LogP contribution in [0.5, 0.6) is 0 Å². The molecular weight excluding hydrogens is 480 g/mol. The standard InChI is InChI=1S/C27H32N2O6S/c1-18-10-12-21(13-11-18)16-35-27(34)36-17-19(2)25(31)29-14-6-9-23(29)24(30)28-22(26(32)33)15-20-7-4-3-5-8-20/h3-5,7-8,10-13,19,22-23H,6,9,14-17H2,1-2H3,(H,28,30)(H,32,33)/t19?,22-,23-/m0/s1. The van der Waals surface area contributed by atoms with Gasteiger partial charge in [0, 0.05) is 24.6 Å². The Morgan fingerprint density at radius 1 is 1.08 bits per heavy atom. The minimum atomic E-state index is -1.13. The second-order valence-corrected chi connectivity index (χ2v) is 9.97. The van der Waals surface area contributed by atoms with Crippen molar-refractivity contribution in [1.82, 2.24) is 10.2 Å². The second kappa shape index (κ2) is 13.1. The first kappa shape index (κ1) is 27.3. The van der Waals surface area contributed by atoms with Crippen LogP contribution in [0.25, 0.3) is 0 Å². The van der Waals surface area contributed by atoms with Gasteiger partial charge in [0.1, 0.15) is 18.7 Å². The first-order valence-electron chi connectivity index (χ1n) is 12.0. The summed E-state index contributed by atoms with van der Waals surface area (Å²) in [7, 11) is 0. The van der Waals surface area contributed by atoms with Gasteiger partial charge in [-0.15, -0.1) is 0 Å². The van der Waals surface area contributed by atoms with Gasteiger partial charge in [-0.05, 0) is 42.7 Å². The highest BCUT2D eigenvalue weighted by molar-refractivity contribution is 8.13. The normalized spacial score (nSPS) is 16.7. The molecule has 2 N–H and O–H groups in total. The summed E-state index contributed by atoms with van der Waals surface area (Å²) in [6, 6.07) is 14.9. The molecule has 1 heterocycles.